The first kappa shape index (κ1) is 19.6. The van der Waals surface area contributed by atoms with Crippen molar-refractivity contribution in [1.82, 2.24) is 14.7 Å². The van der Waals surface area contributed by atoms with Crippen LogP contribution in [-0.4, -0.2) is 27.6 Å². The fourth-order valence-corrected chi connectivity index (χ4v) is 3.59. The van der Waals surface area contributed by atoms with Gasteiger partial charge in [-0.15, -0.1) is 0 Å². The number of nitrogens with zero attached hydrogens (tertiary/aromatic N) is 4. The first-order chi connectivity index (χ1) is 13.5. The number of aryl methyl sites for hydroxylation is 2. The summed E-state index contributed by atoms with van der Waals surface area (Å²) in [5, 5.41) is 15.7. The summed E-state index contributed by atoms with van der Waals surface area (Å²) in [6.07, 6.45) is 1.57. The molecule has 0 aliphatic carbocycles. The van der Waals surface area contributed by atoms with Crippen LogP contribution in [0.4, 0.5) is 0 Å². The Morgan fingerprint density at radius 1 is 1.18 bits per heavy atom. The normalized spacial score (nSPS) is 10.8. The van der Waals surface area contributed by atoms with Gasteiger partial charge in [-0.2, -0.15) is 10.4 Å². The molecule has 1 aromatic heterocycles. The van der Waals surface area contributed by atoms with E-state index in [1.165, 1.54) is 10.8 Å². The monoisotopic (exact) mass is 374 g/mol. The molecule has 0 aliphatic heterocycles. The molecule has 1 amide bonds. The van der Waals surface area contributed by atoms with E-state index in [4.69, 9.17) is 5.26 Å². The maximum Gasteiger partial charge on any atom is 0.222 e. The Hall–Kier alpha value is -3.13. The number of hydrogen-bond acceptors (Lipinski definition) is 3. The van der Waals surface area contributed by atoms with Gasteiger partial charge in [-0.3, -0.25) is 9.48 Å². The fraction of sp³-hybridized carbons (Fsp3) is 0.348. The van der Waals surface area contributed by atoms with Crippen molar-refractivity contribution in [1.29, 1.82) is 5.26 Å². The summed E-state index contributed by atoms with van der Waals surface area (Å²) in [5.41, 5.74) is 4.25. The summed E-state index contributed by atoms with van der Waals surface area (Å²) < 4.78 is 1.87. The Balaban J connectivity index is 1.61. The van der Waals surface area contributed by atoms with E-state index in [2.05, 4.69) is 41.5 Å². The highest BCUT2D eigenvalue weighted by atomic mass is 16.2. The van der Waals surface area contributed by atoms with Crippen LogP contribution in [0.2, 0.25) is 0 Å². The van der Waals surface area contributed by atoms with E-state index in [0.717, 1.165) is 22.5 Å². The van der Waals surface area contributed by atoms with Crippen LogP contribution >= 0.6 is 0 Å². The smallest absolute Gasteiger partial charge is 0.222 e. The molecule has 1 heterocycles. The second-order valence-electron chi connectivity index (χ2n) is 7.21. The second-order valence-corrected chi connectivity index (χ2v) is 7.21. The predicted molar refractivity (Wildman–Crippen MR) is 111 cm³/mol. The Morgan fingerprint density at radius 3 is 2.68 bits per heavy atom. The Morgan fingerprint density at radius 2 is 1.93 bits per heavy atom. The summed E-state index contributed by atoms with van der Waals surface area (Å²) in [7, 11) is 1.85. The molecule has 0 radical (unpaired) electrons. The standard InChI is InChI=1S/C23H26N4O/c1-17-22(18(2)27(25-17)14-6-13-24)11-12-23(28)26(3)16-19-9-10-20-7-4-5-8-21(20)15-19/h4-5,7-10,15H,6,11-12,14,16H2,1-3H3. The Bertz CT molecular complexity index is 1030. The number of fused-ring (bicyclic) bond motifs is 1. The van der Waals surface area contributed by atoms with Crippen molar-refractivity contribution < 1.29 is 4.79 Å². The number of carbonyl (C=O) groups excluding carboxylic acids is 1. The quantitative estimate of drug-likeness (QED) is 0.624. The number of nitriles is 1. The minimum absolute atomic E-state index is 0.122. The predicted octanol–water partition coefficient (Wildman–Crippen LogP) is 4.16. The third-order valence-electron chi connectivity index (χ3n) is 5.22. The SMILES string of the molecule is Cc1nn(CCC#N)c(C)c1CCC(=O)N(C)Cc1ccc2ccccc2c1. The van der Waals surface area contributed by atoms with Crippen molar-refractivity contribution in [2.75, 3.05) is 7.05 Å². The molecular formula is C23H26N4O. The molecule has 3 aromatic rings. The van der Waals surface area contributed by atoms with Gasteiger partial charge in [0.05, 0.1) is 24.7 Å². The molecule has 5 heteroatoms. The van der Waals surface area contributed by atoms with E-state index in [1.54, 1.807) is 4.90 Å². The summed E-state index contributed by atoms with van der Waals surface area (Å²) in [6, 6.07) is 16.7. The number of rotatable bonds is 7. The first-order valence-corrected chi connectivity index (χ1v) is 9.61. The molecule has 5 nitrogen and oxygen atoms in total. The average molecular weight is 374 g/mol. The van der Waals surface area contributed by atoms with E-state index in [-0.39, 0.29) is 5.91 Å². The molecule has 0 fully saturated rings. The summed E-state index contributed by atoms with van der Waals surface area (Å²) in [4.78, 5) is 14.4. The highest BCUT2D eigenvalue weighted by Gasteiger charge is 2.15. The van der Waals surface area contributed by atoms with Crippen molar-refractivity contribution >= 4 is 16.7 Å². The van der Waals surface area contributed by atoms with Gasteiger partial charge in [0.2, 0.25) is 5.91 Å². The fourth-order valence-electron chi connectivity index (χ4n) is 3.59. The van der Waals surface area contributed by atoms with Gasteiger partial charge in [0, 0.05) is 25.7 Å². The van der Waals surface area contributed by atoms with Crippen molar-refractivity contribution in [3.8, 4) is 6.07 Å². The maximum atomic E-state index is 12.6. The van der Waals surface area contributed by atoms with Crippen LogP contribution in [-0.2, 0) is 24.3 Å². The van der Waals surface area contributed by atoms with Crippen LogP contribution in [0, 0.1) is 25.2 Å². The van der Waals surface area contributed by atoms with E-state index < -0.39 is 0 Å². The zero-order valence-electron chi connectivity index (χ0n) is 16.8. The van der Waals surface area contributed by atoms with E-state index in [1.807, 2.05) is 37.7 Å². The highest BCUT2D eigenvalue weighted by Crippen LogP contribution is 2.18. The number of carbonyl (C=O) groups is 1. The summed E-state index contributed by atoms with van der Waals surface area (Å²) in [5.74, 6) is 0.122. The largest absolute Gasteiger partial charge is 0.341 e. The average Bonchev–Trinajstić information content (AvgIpc) is 2.97. The lowest BCUT2D eigenvalue weighted by atomic mass is 10.1. The van der Waals surface area contributed by atoms with Gasteiger partial charge >= 0.3 is 0 Å². The molecule has 0 atom stereocenters. The molecule has 0 saturated carbocycles. The van der Waals surface area contributed by atoms with Crippen molar-refractivity contribution in [3.63, 3.8) is 0 Å². The third kappa shape index (κ3) is 4.40. The summed E-state index contributed by atoms with van der Waals surface area (Å²) in [6.45, 7) is 5.17. The first-order valence-electron chi connectivity index (χ1n) is 9.61. The Labute approximate surface area is 166 Å². The molecule has 0 spiro atoms. The van der Waals surface area contributed by atoms with E-state index >= 15 is 0 Å². The molecule has 144 valence electrons. The lowest BCUT2D eigenvalue weighted by Gasteiger charge is -2.18. The zero-order chi connectivity index (χ0) is 20.1. The third-order valence-corrected chi connectivity index (χ3v) is 5.22. The Kier molecular flexibility index (Phi) is 6.10. The van der Waals surface area contributed by atoms with Crippen LogP contribution in [0.3, 0.4) is 0 Å². The van der Waals surface area contributed by atoms with Crippen LogP contribution in [0.15, 0.2) is 42.5 Å². The molecule has 0 N–H and O–H groups in total. The highest BCUT2D eigenvalue weighted by molar-refractivity contribution is 5.83. The van der Waals surface area contributed by atoms with Gasteiger partial charge < -0.3 is 4.90 Å². The van der Waals surface area contributed by atoms with Gasteiger partial charge in [-0.1, -0.05) is 36.4 Å². The lowest BCUT2D eigenvalue weighted by Crippen LogP contribution is -2.26. The molecular weight excluding hydrogens is 348 g/mol. The molecule has 2 aromatic carbocycles. The van der Waals surface area contributed by atoms with E-state index in [0.29, 0.717) is 32.4 Å². The van der Waals surface area contributed by atoms with Crippen LogP contribution in [0.1, 0.15) is 35.4 Å². The minimum Gasteiger partial charge on any atom is -0.341 e. The summed E-state index contributed by atoms with van der Waals surface area (Å²) >= 11 is 0. The molecule has 3 rings (SSSR count). The topological polar surface area (TPSA) is 61.9 Å². The minimum atomic E-state index is 0.122. The second kappa shape index (κ2) is 8.71. The van der Waals surface area contributed by atoms with Crippen molar-refractivity contribution in [2.45, 2.75) is 46.2 Å². The van der Waals surface area contributed by atoms with Gasteiger partial charge in [0.1, 0.15) is 0 Å². The van der Waals surface area contributed by atoms with Crippen LogP contribution in [0.25, 0.3) is 10.8 Å². The number of aromatic nitrogens is 2. The maximum absolute atomic E-state index is 12.6. The van der Waals surface area contributed by atoms with E-state index in [9.17, 15) is 4.79 Å². The molecule has 0 saturated heterocycles. The van der Waals surface area contributed by atoms with Gasteiger partial charge in [0.15, 0.2) is 0 Å². The van der Waals surface area contributed by atoms with Crippen LogP contribution in [0.5, 0.6) is 0 Å². The molecule has 0 unspecified atom stereocenters. The molecule has 28 heavy (non-hydrogen) atoms. The number of amides is 1. The van der Waals surface area contributed by atoms with Gasteiger partial charge in [0.25, 0.3) is 0 Å². The lowest BCUT2D eigenvalue weighted by molar-refractivity contribution is -0.130. The van der Waals surface area contributed by atoms with Gasteiger partial charge in [-0.05, 0) is 48.2 Å². The molecule has 0 aliphatic rings. The number of benzene rings is 2. The van der Waals surface area contributed by atoms with Crippen molar-refractivity contribution in [3.05, 3.63) is 65.0 Å². The van der Waals surface area contributed by atoms with Gasteiger partial charge in [-0.25, -0.2) is 0 Å². The van der Waals surface area contributed by atoms with Crippen molar-refractivity contribution in [2.24, 2.45) is 0 Å². The van der Waals surface area contributed by atoms with Crippen LogP contribution < -0.4 is 0 Å². The molecule has 0 bridgehead atoms. The zero-order valence-corrected chi connectivity index (χ0v) is 16.8. The number of hydrogen-bond donors (Lipinski definition) is 0.